The van der Waals surface area contributed by atoms with Crippen LogP contribution in [0.5, 0.6) is 0 Å². The predicted octanol–water partition coefficient (Wildman–Crippen LogP) is 0.490. The molecule has 1 rings (SSSR count). The monoisotopic (exact) mass is 177 g/mol. The number of hydrogen-bond donors (Lipinski definition) is 2. The summed E-state index contributed by atoms with van der Waals surface area (Å²) in [5.41, 5.74) is 5.93. The van der Waals surface area contributed by atoms with Crippen molar-refractivity contribution in [1.82, 2.24) is 0 Å². The van der Waals surface area contributed by atoms with E-state index >= 15 is 0 Å². The Labute approximate surface area is 76.2 Å². The first kappa shape index (κ1) is 9.25. The van der Waals surface area contributed by atoms with Crippen LogP contribution in [-0.2, 0) is 0 Å². The van der Waals surface area contributed by atoms with E-state index in [1.807, 2.05) is 6.07 Å². The third kappa shape index (κ3) is 2.59. The van der Waals surface area contributed by atoms with Crippen molar-refractivity contribution in [3.63, 3.8) is 0 Å². The number of hydrogen-bond acceptors (Lipinski definition) is 3. The van der Waals surface area contributed by atoms with Gasteiger partial charge in [0.25, 0.3) is 0 Å². The number of carbonyl (C=O) groups excluding carboxylic acids is 1. The summed E-state index contributed by atoms with van der Waals surface area (Å²) in [5.74, 6) is 4.98. The fraction of sp³-hybridized carbons (Fsp3) is 0.111. The van der Waals surface area contributed by atoms with E-state index < -0.39 is 0 Å². The van der Waals surface area contributed by atoms with E-state index in [9.17, 15) is 4.79 Å². The summed E-state index contributed by atoms with van der Waals surface area (Å²) in [6.07, 6.45) is 0.0700. The van der Waals surface area contributed by atoms with E-state index in [1.54, 1.807) is 24.3 Å². The van der Waals surface area contributed by atoms with E-state index in [0.29, 0.717) is 5.56 Å². The summed E-state index contributed by atoms with van der Waals surface area (Å²) in [5, 5.41) is 3.23. The van der Waals surface area contributed by atoms with Crippen LogP contribution in [0.25, 0.3) is 0 Å². The molecule has 0 radical (unpaired) electrons. The van der Waals surface area contributed by atoms with E-state index in [2.05, 4.69) is 5.10 Å². The zero-order valence-electron chi connectivity index (χ0n) is 7.10. The fourth-order valence-corrected chi connectivity index (χ4v) is 0.936. The van der Waals surface area contributed by atoms with Gasteiger partial charge in [0.1, 0.15) is 5.84 Å². The van der Waals surface area contributed by atoms with E-state index in [4.69, 9.17) is 11.6 Å². The van der Waals surface area contributed by atoms with Gasteiger partial charge in [0.2, 0.25) is 0 Å². The highest BCUT2D eigenvalue weighted by molar-refractivity contribution is 6.08. The standard InChI is InChI=1S/C9H11N3O/c10-9(12-11)6-8(13)7-4-2-1-3-5-7/h1-5H,6,11H2,(H2,10,12). The zero-order chi connectivity index (χ0) is 9.68. The van der Waals surface area contributed by atoms with Crippen LogP contribution in [0.4, 0.5) is 0 Å². The van der Waals surface area contributed by atoms with Gasteiger partial charge in [-0.3, -0.25) is 4.79 Å². The van der Waals surface area contributed by atoms with Gasteiger partial charge >= 0.3 is 0 Å². The SMILES string of the molecule is N/N=C(\N)CC(=O)c1ccccc1. The number of amidine groups is 1. The Morgan fingerprint density at radius 2 is 1.92 bits per heavy atom. The largest absolute Gasteiger partial charge is 0.385 e. The van der Waals surface area contributed by atoms with Crippen LogP contribution in [-0.4, -0.2) is 11.6 Å². The lowest BCUT2D eigenvalue weighted by atomic mass is 10.1. The summed E-state index contributed by atoms with van der Waals surface area (Å²) in [6, 6.07) is 8.89. The van der Waals surface area contributed by atoms with Crippen molar-refractivity contribution in [2.45, 2.75) is 6.42 Å². The summed E-state index contributed by atoms with van der Waals surface area (Å²) in [7, 11) is 0. The van der Waals surface area contributed by atoms with Gasteiger partial charge in [0, 0.05) is 5.56 Å². The second-order valence-corrected chi connectivity index (χ2v) is 2.59. The molecule has 0 aliphatic rings. The lowest BCUT2D eigenvalue weighted by Gasteiger charge is -1.98. The summed E-state index contributed by atoms with van der Waals surface area (Å²) < 4.78 is 0. The van der Waals surface area contributed by atoms with Gasteiger partial charge < -0.3 is 11.6 Å². The van der Waals surface area contributed by atoms with Crippen molar-refractivity contribution in [1.29, 1.82) is 0 Å². The molecule has 4 heteroatoms. The molecule has 0 unspecified atom stereocenters. The minimum Gasteiger partial charge on any atom is -0.385 e. The van der Waals surface area contributed by atoms with Crippen molar-refractivity contribution in [3.8, 4) is 0 Å². The Kier molecular flexibility index (Phi) is 3.03. The Morgan fingerprint density at radius 3 is 2.46 bits per heavy atom. The Balaban J connectivity index is 2.70. The molecule has 0 atom stereocenters. The van der Waals surface area contributed by atoms with Crippen LogP contribution in [0.15, 0.2) is 35.4 Å². The van der Waals surface area contributed by atoms with E-state index in [0.717, 1.165) is 0 Å². The van der Waals surface area contributed by atoms with Crippen molar-refractivity contribution in [3.05, 3.63) is 35.9 Å². The van der Waals surface area contributed by atoms with Crippen LogP contribution in [0.3, 0.4) is 0 Å². The molecule has 4 N–H and O–H groups in total. The van der Waals surface area contributed by atoms with Crippen molar-refractivity contribution in [2.24, 2.45) is 16.7 Å². The number of nitrogens with two attached hydrogens (primary N) is 2. The molecule has 1 aromatic carbocycles. The number of hydrazone groups is 1. The van der Waals surface area contributed by atoms with E-state index in [1.165, 1.54) is 0 Å². The predicted molar refractivity (Wildman–Crippen MR) is 51.2 cm³/mol. The quantitative estimate of drug-likeness (QED) is 0.232. The van der Waals surface area contributed by atoms with Gasteiger partial charge in [-0.25, -0.2) is 0 Å². The second kappa shape index (κ2) is 4.25. The molecular formula is C9H11N3O. The Bertz CT molecular complexity index is 319. The number of ketones is 1. The molecule has 4 nitrogen and oxygen atoms in total. The van der Waals surface area contributed by atoms with Crippen LogP contribution >= 0.6 is 0 Å². The van der Waals surface area contributed by atoms with Crippen LogP contribution in [0.1, 0.15) is 16.8 Å². The van der Waals surface area contributed by atoms with E-state index in [-0.39, 0.29) is 18.0 Å². The molecule has 0 aliphatic heterocycles. The fourth-order valence-electron chi connectivity index (χ4n) is 0.936. The van der Waals surface area contributed by atoms with Crippen LogP contribution in [0, 0.1) is 0 Å². The third-order valence-electron chi connectivity index (χ3n) is 1.60. The lowest BCUT2D eigenvalue weighted by molar-refractivity contribution is 0.100. The van der Waals surface area contributed by atoms with Crippen LogP contribution < -0.4 is 11.6 Å². The molecule has 0 heterocycles. The van der Waals surface area contributed by atoms with Crippen molar-refractivity contribution >= 4 is 11.6 Å². The maximum atomic E-state index is 11.4. The van der Waals surface area contributed by atoms with Gasteiger partial charge in [-0.1, -0.05) is 30.3 Å². The number of rotatable bonds is 3. The average Bonchev–Trinajstić information content (AvgIpc) is 2.19. The number of carbonyl (C=O) groups is 1. The number of benzene rings is 1. The molecule has 68 valence electrons. The maximum Gasteiger partial charge on any atom is 0.170 e. The molecule has 1 aromatic rings. The Hall–Kier alpha value is -1.84. The molecule has 0 spiro atoms. The average molecular weight is 177 g/mol. The minimum absolute atomic E-state index is 0.0700. The molecule has 0 fully saturated rings. The smallest absolute Gasteiger partial charge is 0.170 e. The lowest BCUT2D eigenvalue weighted by Crippen LogP contribution is -2.18. The van der Waals surface area contributed by atoms with Gasteiger partial charge in [-0.05, 0) is 0 Å². The summed E-state index contributed by atoms with van der Waals surface area (Å²) in [6.45, 7) is 0. The maximum absolute atomic E-state index is 11.4. The normalized spacial score (nSPS) is 11.2. The topological polar surface area (TPSA) is 81.5 Å². The third-order valence-corrected chi connectivity index (χ3v) is 1.60. The molecular weight excluding hydrogens is 166 g/mol. The van der Waals surface area contributed by atoms with Crippen molar-refractivity contribution < 1.29 is 4.79 Å². The van der Waals surface area contributed by atoms with Gasteiger partial charge in [-0.2, -0.15) is 5.10 Å². The first-order chi connectivity index (χ1) is 6.24. The number of nitrogens with zero attached hydrogens (tertiary/aromatic N) is 1. The highest BCUT2D eigenvalue weighted by Crippen LogP contribution is 2.02. The Morgan fingerprint density at radius 1 is 1.31 bits per heavy atom. The molecule has 0 saturated heterocycles. The molecule has 0 aliphatic carbocycles. The molecule has 0 saturated carbocycles. The first-order valence-corrected chi connectivity index (χ1v) is 3.84. The molecule has 13 heavy (non-hydrogen) atoms. The van der Waals surface area contributed by atoms with Crippen molar-refractivity contribution in [2.75, 3.05) is 0 Å². The highest BCUT2D eigenvalue weighted by Gasteiger charge is 2.06. The number of Topliss-reactive ketones (excluding diaryl/α,β-unsaturated/α-hetero) is 1. The summed E-state index contributed by atoms with van der Waals surface area (Å²) >= 11 is 0. The summed E-state index contributed by atoms with van der Waals surface area (Å²) in [4.78, 5) is 11.4. The molecule has 0 amide bonds. The van der Waals surface area contributed by atoms with Gasteiger partial charge in [0.15, 0.2) is 5.78 Å². The first-order valence-electron chi connectivity index (χ1n) is 3.84. The van der Waals surface area contributed by atoms with Crippen LogP contribution in [0.2, 0.25) is 0 Å². The zero-order valence-corrected chi connectivity index (χ0v) is 7.10. The molecule has 0 bridgehead atoms. The molecule has 0 aromatic heterocycles. The highest BCUT2D eigenvalue weighted by atomic mass is 16.1. The van der Waals surface area contributed by atoms with Gasteiger partial charge in [-0.15, -0.1) is 0 Å². The minimum atomic E-state index is -0.0766. The van der Waals surface area contributed by atoms with Gasteiger partial charge in [0.05, 0.1) is 6.42 Å². The second-order valence-electron chi connectivity index (χ2n) is 2.59.